The maximum Gasteiger partial charge on any atom is 0.446 e. The van der Waals surface area contributed by atoms with E-state index < -0.39 is 11.6 Å². The normalized spacial score (nSPS) is 10.6. The maximum absolute atomic E-state index is 13.7. The Balaban J connectivity index is 0.00000102. The number of aryl methyl sites for hydroxylation is 1. The average molecular weight is 370 g/mol. The molecule has 27 heavy (non-hydrogen) atoms. The van der Waals surface area contributed by atoms with E-state index in [0.29, 0.717) is 17.1 Å². The molecule has 8 heteroatoms. The van der Waals surface area contributed by atoms with Gasteiger partial charge in [-0.15, -0.1) is 0 Å². The van der Waals surface area contributed by atoms with Crippen LogP contribution in [0.2, 0.25) is 0 Å². The first kappa shape index (κ1) is 18.4. The number of fused-ring (bicyclic) bond motifs is 1. The number of hydrogen-bond acceptors (Lipinski definition) is 5. The van der Waals surface area contributed by atoms with Gasteiger partial charge in [-0.25, -0.2) is 18.7 Å². The predicted octanol–water partition coefficient (Wildman–Crippen LogP) is 3.62. The maximum atomic E-state index is 13.7. The van der Waals surface area contributed by atoms with Crippen molar-refractivity contribution >= 4 is 5.65 Å². The Morgan fingerprint density at radius 3 is 2.70 bits per heavy atom. The Morgan fingerprint density at radius 2 is 1.96 bits per heavy atom. The van der Waals surface area contributed by atoms with E-state index in [0.717, 1.165) is 11.3 Å². The molecular weight excluding hydrogens is 351 g/mol. The van der Waals surface area contributed by atoms with Gasteiger partial charge in [0.1, 0.15) is 5.65 Å². The van der Waals surface area contributed by atoms with Crippen molar-refractivity contribution in [2.45, 2.75) is 20.8 Å². The zero-order valence-corrected chi connectivity index (χ0v) is 15.4. The summed E-state index contributed by atoms with van der Waals surface area (Å²) in [6.07, 6.45) is 3.56. The molecule has 0 saturated heterocycles. The molecule has 0 fully saturated rings. The highest BCUT2D eigenvalue weighted by molar-refractivity contribution is 5.60. The van der Waals surface area contributed by atoms with E-state index >= 15 is 0 Å². The molecule has 3 aromatic heterocycles. The molecule has 7 nitrogen and oxygen atoms in total. The van der Waals surface area contributed by atoms with Gasteiger partial charge in [-0.1, -0.05) is 19.0 Å². The van der Waals surface area contributed by atoms with Crippen molar-refractivity contribution in [1.29, 1.82) is 0 Å². The van der Waals surface area contributed by atoms with E-state index in [1.165, 1.54) is 29.9 Å². The minimum Gasteiger partial charge on any atom is -0.494 e. The molecule has 0 aliphatic heterocycles. The van der Waals surface area contributed by atoms with Gasteiger partial charge < -0.3 is 9.14 Å². The third kappa shape index (κ3) is 3.21. The van der Waals surface area contributed by atoms with Crippen LogP contribution >= 0.6 is 0 Å². The minimum absolute atomic E-state index is 0.0254. The van der Waals surface area contributed by atoms with E-state index in [1.54, 1.807) is 12.3 Å². The van der Waals surface area contributed by atoms with Crippen LogP contribution in [0.4, 0.5) is 4.39 Å². The average Bonchev–Trinajstić information content (AvgIpc) is 3.26. The van der Waals surface area contributed by atoms with Gasteiger partial charge in [-0.3, -0.25) is 4.52 Å². The number of pyridine rings is 1. The lowest BCUT2D eigenvalue weighted by Gasteiger charge is -2.08. The van der Waals surface area contributed by atoms with Crippen LogP contribution in [0.1, 0.15) is 19.5 Å². The van der Waals surface area contributed by atoms with Crippen LogP contribution in [0.3, 0.4) is 0 Å². The fourth-order valence-corrected chi connectivity index (χ4v) is 2.68. The molecule has 4 rings (SSSR count). The molecule has 0 amide bonds. The molecule has 0 radical (unpaired) electrons. The van der Waals surface area contributed by atoms with Gasteiger partial charge in [0.25, 0.3) is 0 Å². The number of ether oxygens (including phenoxy) is 1. The summed E-state index contributed by atoms with van der Waals surface area (Å²) in [5.74, 6) is -0.870. The van der Waals surface area contributed by atoms with Crippen LogP contribution in [0.25, 0.3) is 22.7 Å². The first-order valence-corrected chi connectivity index (χ1v) is 8.45. The molecule has 0 aliphatic carbocycles. The van der Waals surface area contributed by atoms with Crippen molar-refractivity contribution in [3.05, 3.63) is 64.8 Å². The summed E-state index contributed by atoms with van der Waals surface area (Å²) >= 11 is 0. The Hall–Kier alpha value is -3.42. The van der Waals surface area contributed by atoms with Gasteiger partial charge in [0.15, 0.2) is 17.4 Å². The summed E-state index contributed by atoms with van der Waals surface area (Å²) in [7, 11) is 1.36. The number of benzene rings is 1. The number of hydrogen-bond donors (Lipinski definition) is 0. The Labute approximate surface area is 154 Å². The third-order valence-electron chi connectivity index (χ3n) is 3.95. The molecule has 4 aromatic rings. The van der Waals surface area contributed by atoms with Crippen molar-refractivity contribution in [2.75, 3.05) is 7.11 Å². The number of nitrogens with zero attached hydrogens (tertiary/aromatic N) is 4. The van der Waals surface area contributed by atoms with E-state index in [4.69, 9.17) is 9.26 Å². The zero-order chi connectivity index (χ0) is 19.6. The van der Waals surface area contributed by atoms with Crippen molar-refractivity contribution in [3.8, 4) is 22.8 Å². The van der Waals surface area contributed by atoms with E-state index in [2.05, 4.69) is 10.1 Å². The fraction of sp³-hybridized carbons (Fsp3) is 0.211. The smallest absolute Gasteiger partial charge is 0.446 e. The Bertz CT molecular complexity index is 1140. The Kier molecular flexibility index (Phi) is 5.07. The van der Waals surface area contributed by atoms with Gasteiger partial charge >= 0.3 is 5.76 Å². The molecule has 0 bridgehead atoms. The quantitative estimate of drug-likeness (QED) is 0.551. The van der Waals surface area contributed by atoms with Crippen LogP contribution in [0, 0.1) is 12.7 Å². The van der Waals surface area contributed by atoms with Crippen molar-refractivity contribution in [3.63, 3.8) is 0 Å². The summed E-state index contributed by atoms with van der Waals surface area (Å²) < 4.78 is 26.6. The molecule has 0 aliphatic rings. The molecule has 0 spiro atoms. The predicted molar refractivity (Wildman–Crippen MR) is 98.9 cm³/mol. The number of methoxy groups -OCH3 is 1. The van der Waals surface area contributed by atoms with E-state index in [9.17, 15) is 9.18 Å². The molecular formula is C19H19FN4O3. The molecule has 3 heterocycles. The number of rotatable bonds is 3. The summed E-state index contributed by atoms with van der Waals surface area (Å²) in [6.45, 7) is 5.92. The van der Waals surface area contributed by atoms with E-state index in [-0.39, 0.29) is 5.75 Å². The highest BCUT2D eigenvalue weighted by Crippen LogP contribution is 2.24. The van der Waals surface area contributed by atoms with Gasteiger partial charge in [-0.05, 0) is 31.2 Å². The number of halogens is 1. The highest BCUT2D eigenvalue weighted by atomic mass is 19.1. The second kappa shape index (κ2) is 7.45. The van der Waals surface area contributed by atoms with Crippen molar-refractivity contribution in [2.24, 2.45) is 0 Å². The number of aromatic nitrogens is 4. The lowest BCUT2D eigenvalue weighted by molar-refractivity contribution is 0.381. The number of imidazole rings is 1. The fourth-order valence-electron chi connectivity index (χ4n) is 2.68. The molecule has 1 aromatic carbocycles. The minimum atomic E-state index is -0.675. The zero-order valence-electron chi connectivity index (χ0n) is 15.4. The van der Waals surface area contributed by atoms with Gasteiger partial charge in [0, 0.05) is 29.7 Å². The van der Waals surface area contributed by atoms with Gasteiger partial charge in [-0.2, -0.15) is 0 Å². The third-order valence-corrected chi connectivity index (χ3v) is 3.95. The lowest BCUT2D eigenvalue weighted by atomic mass is 10.2. The van der Waals surface area contributed by atoms with E-state index in [1.807, 2.05) is 37.4 Å². The Morgan fingerprint density at radius 1 is 1.19 bits per heavy atom. The van der Waals surface area contributed by atoms with Crippen LogP contribution < -0.4 is 10.5 Å². The first-order chi connectivity index (χ1) is 13.1. The summed E-state index contributed by atoms with van der Waals surface area (Å²) in [4.78, 5) is 16.4. The van der Waals surface area contributed by atoms with Crippen LogP contribution in [-0.2, 0) is 0 Å². The highest BCUT2D eigenvalue weighted by Gasteiger charge is 2.17. The van der Waals surface area contributed by atoms with Crippen LogP contribution in [0.5, 0.6) is 5.75 Å². The van der Waals surface area contributed by atoms with Gasteiger partial charge in [0.2, 0.25) is 0 Å². The van der Waals surface area contributed by atoms with Crippen LogP contribution in [-0.4, -0.2) is 26.2 Å². The molecule has 0 saturated carbocycles. The summed E-state index contributed by atoms with van der Waals surface area (Å²) in [5.41, 5.74) is 2.77. The lowest BCUT2D eigenvalue weighted by Crippen LogP contribution is -2.13. The molecule has 140 valence electrons. The molecule has 0 N–H and O–H groups in total. The SMILES string of the molecule is CC.COc1cc(-n2c(-c3ccc4ncc(C)n4c3)noc2=O)ccc1F. The topological polar surface area (TPSA) is 74.6 Å². The summed E-state index contributed by atoms with van der Waals surface area (Å²) in [6, 6.07) is 7.70. The second-order valence-electron chi connectivity index (χ2n) is 5.47. The second-order valence-corrected chi connectivity index (χ2v) is 5.47. The van der Waals surface area contributed by atoms with Crippen molar-refractivity contribution in [1.82, 2.24) is 19.1 Å². The molecule has 0 unspecified atom stereocenters. The monoisotopic (exact) mass is 370 g/mol. The first-order valence-electron chi connectivity index (χ1n) is 8.45. The summed E-state index contributed by atoms with van der Waals surface area (Å²) in [5, 5.41) is 3.87. The standard InChI is InChI=1S/C17H13FN4O3.C2H6/c1-10-8-19-15-6-3-11(9-21(10)15)16-20-25-17(23)22(16)12-4-5-13(18)14(7-12)24-2;1-2/h3-9H,1-2H3;1-2H3. The van der Waals surface area contributed by atoms with Gasteiger partial charge in [0.05, 0.1) is 12.8 Å². The van der Waals surface area contributed by atoms with Crippen molar-refractivity contribution < 1.29 is 13.7 Å². The largest absolute Gasteiger partial charge is 0.494 e. The molecule has 0 atom stereocenters. The van der Waals surface area contributed by atoms with Crippen LogP contribution in [0.15, 0.2) is 52.0 Å².